The van der Waals surface area contributed by atoms with Crippen LogP contribution < -0.4 is 14.4 Å². The predicted octanol–water partition coefficient (Wildman–Crippen LogP) is 6.05. The van der Waals surface area contributed by atoms with E-state index in [1.807, 2.05) is 44.2 Å². The van der Waals surface area contributed by atoms with Gasteiger partial charge in [-0.2, -0.15) is 5.26 Å². The van der Waals surface area contributed by atoms with Gasteiger partial charge >= 0.3 is 5.97 Å². The summed E-state index contributed by atoms with van der Waals surface area (Å²) in [5.74, 6) is 1.97. The molecule has 1 N–H and O–H groups in total. The maximum atomic E-state index is 11.3. The van der Waals surface area contributed by atoms with E-state index in [-0.39, 0.29) is 12.3 Å². The van der Waals surface area contributed by atoms with Crippen molar-refractivity contribution in [1.29, 1.82) is 5.26 Å². The monoisotopic (exact) mass is 490 g/mol. The fraction of sp³-hybridized carbons (Fsp3) is 0.533. The van der Waals surface area contributed by atoms with Gasteiger partial charge in [-0.25, -0.2) is 0 Å². The molecule has 2 aromatic rings. The molecule has 192 valence electrons. The number of aliphatic carboxylic acids is 1. The summed E-state index contributed by atoms with van der Waals surface area (Å²) < 4.78 is 11.7. The number of piperidine rings is 1. The second kappa shape index (κ2) is 11.2. The number of ether oxygens (including phenoxy) is 2. The highest BCUT2D eigenvalue weighted by molar-refractivity contribution is 5.68. The number of rotatable bonds is 11. The van der Waals surface area contributed by atoms with Crippen LogP contribution in [0.5, 0.6) is 11.5 Å². The molecule has 0 amide bonds. The predicted molar refractivity (Wildman–Crippen MR) is 141 cm³/mol. The molecular formula is C30H38N2O4. The Morgan fingerprint density at radius 2 is 1.89 bits per heavy atom. The zero-order valence-corrected chi connectivity index (χ0v) is 21.7. The standard InChI is InChI=1S/C30H38N2O4/c1-30(2,20-31)18-24-9-10-25(35-3)16-28(24)32-13-11-21(12-14-32)19-36-26-6-4-5-23(15-26)27(17-29(33)34)22-7-8-22/h4-6,9-10,15-16,21-22,27H,7-8,11-14,17-19H2,1-3H3,(H,33,34). The van der Waals surface area contributed by atoms with Crippen LogP contribution >= 0.6 is 0 Å². The van der Waals surface area contributed by atoms with E-state index < -0.39 is 11.4 Å². The van der Waals surface area contributed by atoms with E-state index in [0.717, 1.165) is 61.5 Å². The van der Waals surface area contributed by atoms with Crippen LogP contribution in [0.3, 0.4) is 0 Å². The van der Waals surface area contributed by atoms with E-state index in [4.69, 9.17) is 9.47 Å². The maximum Gasteiger partial charge on any atom is 0.303 e. The lowest BCUT2D eigenvalue weighted by Crippen LogP contribution is -2.36. The van der Waals surface area contributed by atoms with E-state index in [9.17, 15) is 15.2 Å². The van der Waals surface area contributed by atoms with Gasteiger partial charge in [-0.15, -0.1) is 0 Å². The fourth-order valence-electron chi connectivity index (χ4n) is 5.26. The van der Waals surface area contributed by atoms with E-state index in [2.05, 4.69) is 23.1 Å². The molecule has 2 fully saturated rings. The average Bonchev–Trinajstić information content (AvgIpc) is 3.72. The number of methoxy groups -OCH3 is 1. The zero-order valence-electron chi connectivity index (χ0n) is 21.7. The van der Waals surface area contributed by atoms with Crippen molar-refractivity contribution in [2.75, 3.05) is 31.7 Å². The minimum absolute atomic E-state index is 0.0809. The van der Waals surface area contributed by atoms with Gasteiger partial charge in [-0.05, 0) is 93.0 Å². The van der Waals surface area contributed by atoms with E-state index in [1.54, 1.807) is 7.11 Å². The quantitative estimate of drug-likeness (QED) is 0.413. The second-order valence-corrected chi connectivity index (χ2v) is 11.0. The van der Waals surface area contributed by atoms with E-state index in [1.165, 1.54) is 5.56 Å². The van der Waals surface area contributed by atoms with Crippen molar-refractivity contribution in [2.45, 2.75) is 58.3 Å². The van der Waals surface area contributed by atoms with Gasteiger partial charge in [0.15, 0.2) is 0 Å². The number of carbonyl (C=O) groups is 1. The van der Waals surface area contributed by atoms with Crippen molar-refractivity contribution in [3.05, 3.63) is 53.6 Å². The summed E-state index contributed by atoms with van der Waals surface area (Å²) in [6.07, 6.45) is 5.18. The number of nitrogens with zero attached hydrogens (tertiary/aromatic N) is 2. The molecule has 0 spiro atoms. The van der Waals surface area contributed by atoms with Crippen molar-refractivity contribution in [3.8, 4) is 17.6 Å². The van der Waals surface area contributed by atoms with Gasteiger partial charge in [0.1, 0.15) is 11.5 Å². The first-order valence-electron chi connectivity index (χ1n) is 13.1. The summed E-state index contributed by atoms with van der Waals surface area (Å²) in [6.45, 7) is 6.49. The largest absolute Gasteiger partial charge is 0.497 e. The third kappa shape index (κ3) is 6.72. The molecule has 6 nitrogen and oxygen atoms in total. The highest BCUT2D eigenvalue weighted by atomic mass is 16.5. The summed E-state index contributed by atoms with van der Waals surface area (Å²) >= 11 is 0. The molecule has 0 radical (unpaired) electrons. The Balaban J connectivity index is 1.36. The Labute approximate surface area is 214 Å². The molecular weight excluding hydrogens is 452 g/mol. The van der Waals surface area contributed by atoms with Crippen LogP contribution in [0.1, 0.15) is 63.0 Å². The Kier molecular flexibility index (Phi) is 8.08. The SMILES string of the molecule is COc1ccc(CC(C)(C)C#N)c(N2CCC(COc3cccc(C(CC(=O)O)C4CC4)c3)CC2)c1. The molecule has 0 aromatic heterocycles. The Bertz CT molecular complexity index is 1090. The average molecular weight is 491 g/mol. The number of nitriles is 1. The van der Waals surface area contributed by atoms with Crippen molar-refractivity contribution < 1.29 is 19.4 Å². The molecule has 0 bridgehead atoms. The molecule has 1 aliphatic heterocycles. The highest BCUT2D eigenvalue weighted by Gasteiger charge is 2.34. The van der Waals surface area contributed by atoms with Gasteiger partial charge < -0.3 is 19.5 Å². The maximum absolute atomic E-state index is 11.3. The molecule has 4 rings (SSSR count). The van der Waals surface area contributed by atoms with Gasteiger partial charge in [0, 0.05) is 24.8 Å². The molecule has 1 aliphatic carbocycles. The van der Waals surface area contributed by atoms with E-state index in [0.29, 0.717) is 24.9 Å². The lowest BCUT2D eigenvalue weighted by Gasteiger charge is -2.35. The first kappa shape index (κ1) is 25.9. The molecule has 2 aromatic carbocycles. The zero-order chi connectivity index (χ0) is 25.7. The van der Waals surface area contributed by atoms with Crippen molar-refractivity contribution >= 4 is 11.7 Å². The molecule has 1 unspecified atom stereocenters. The van der Waals surface area contributed by atoms with Crippen LogP contribution in [-0.2, 0) is 11.2 Å². The third-order valence-electron chi connectivity index (χ3n) is 7.54. The minimum atomic E-state index is -0.736. The lowest BCUT2D eigenvalue weighted by molar-refractivity contribution is -0.137. The smallest absolute Gasteiger partial charge is 0.303 e. The Morgan fingerprint density at radius 1 is 1.14 bits per heavy atom. The van der Waals surface area contributed by atoms with Crippen LogP contribution in [0, 0.1) is 28.6 Å². The van der Waals surface area contributed by atoms with Gasteiger partial charge in [0.25, 0.3) is 0 Å². The first-order valence-corrected chi connectivity index (χ1v) is 13.1. The molecule has 2 aliphatic rings. The van der Waals surface area contributed by atoms with Gasteiger partial charge in [-0.1, -0.05) is 18.2 Å². The third-order valence-corrected chi connectivity index (χ3v) is 7.54. The van der Waals surface area contributed by atoms with E-state index >= 15 is 0 Å². The van der Waals surface area contributed by atoms with Crippen molar-refractivity contribution in [3.63, 3.8) is 0 Å². The van der Waals surface area contributed by atoms with Gasteiger partial charge in [0.2, 0.25) is 0 Å². The number of anilines is 1. The van der Waals surface area contributed by atoms with Gasteiger partial charge in [0.05, 0.1) is 31.6 Å². The number of hydrogen-bond acceptors (Lipinski definition) is 5. The molecule has 36 heavy (non-hydrogen) atoms. The molecule has 1 saturated heterocycles. The van der Waals surface area contributed by atoms with Crippen LogP contribution in [0.4, 0.5) is 5.69 Å². The fourth-order valence-corrected chi connectivity index (χ4v) is 5.26. The van der Waals surface area contributed by atoms with Crippen LogP contribution in [-0.4, -0.2) is 37.9 Å². The molecule has 1 atom stereocenters. The minimum Gasteiger partial charge on any atom is -0.497 e. The number of carboxylic acids is 1. The number of carboxylic acid groups (broad SMARTS) is 1. The second-order valence-electron chi connectivity index (χ2n) is 11.0. The molecule has 1 saturated carbocycles. The number of benzene rings is 2. The summed E-state index contributed by atoms with van der Waals surface area (Å²) in [5, 5.41) is 18.9. The van der Waals surface area contributed by atoms with Crippen LogP contribution in [0.2, 0.25) is 0 Å². The Morgan fingerprint density at radius 3 is 2.53 bits per heavy atom. The molecule has 6 heteroatoms. The topological polar surface area (TPSA) is 82.8 Å². The normalized spacial score (nSPS) is 17.3. The highest BCUT2D eigenvalue weighted by Crippen LogP contribution is 2.45. The lowest BCUT2D eigenvalue weighted by atomic mass is 9.86. The number of hydrogen-bond donors (Lipinski definition) is 1. The summed E-state index contributed by atoms with van der Waals surface area (Å²) in [5.41, 5.74) is 3.00. The van der Waals surface area contributed by atoms with Crippen molar-refractivity contribution in [2.24, 2.45) is 17.3 Å². The summed E-state index contributed by atoms with van der Waals surface area (Å²) in [7, 11) is 1.69. The van der Waals surface area contributed by atoms with Crippen molar-refractivity contribution in [1.82, 2.24) is 0 Å². The summed E-state index contributed by atoms with van der Waals surface area (Å²) in [4.78, 5) is 13.8. The first-order chi connectivity index (χ1) is 17.3. The van der Waals surface area contributed by atoms with Crippen LogP contribution in [0.25, 0.3) is 0 Å². The molecule has 1 heterocycles. The Hall–Kier alpha value is -3.20. The summed E-state index contributed by atoms with van der Waals surface area (Å²) in [6, 6.07) is 16.6. The van der Waals surface area contributed by atoms with Crippen LogP contribution in [0.15, 0.2) is 42.5 Å². The van der Waals surface area contributed by atoms with Gasteiger partial charge in [-0.3, -0.25) is 4.79 Å².